The van der Waals surface area contributed by atoms with E-state index in [1.807, 2.05) is 22.9 Å². The van der Waals surface area contributed by atoms with Gasteiger partial charge in [0.1, 0.15) is 5.69 Å². The number of rotatable bonds is 4. The molecule has 1 N–H and O–H groups in total. The second-order valence-electron chi connectivity index (χ2n) is 4.58. The predicted octanol–water partition coefficient (Wildman–Crippen LogP) is 2.31. The molecular formula is C13H13BrN4O. The van der Waals surface area contributed by atoms with Crippen molar-refractivity contribution in [3.8, 4) is 0 Å². The third-order valence-corrected chi connectivity index (χ3v) is 3.48. The lowest BCUT2D eigenvalue weighted by atomic mass is 10.3. The largest absolute Gasteiger partial charge is 0.345 e. The maximum Gasteiger partial charge on any atom is 0.268 e. The molecule has 1 aliphatic rings. The molecule has 6 heteroatoms. The first-order chi connectivity index (χ1) is 9.24. The summed E-state index contributed by atoms with van der Waals surface area (Å²) in [6, 6.07) is 5.97. The number of halogens is 1. The van der Waals surface area contributed by atoms with Crippen molar-refractivity contribution in [2.45, 2.75) is 25.4 Å². The molecule has 0 bridgehead atoms. The van der Waals surface area contributed by atoms with E-state index >= 15 is 0 Å². The van der Waals surface area contributed by atoms with Gasteiger partial charge >= 0.3 is 0 Å². The molecule has 0 aromatic carbocycles. The van der Waals surface area contributed by atoms with Crippen LogP contribution in [0.2, 0.25) is 0 Å². The summed E-state index contributed by atoms with van der Waals surface area (Å²) in [7, 11) is 0. The highest BCUT2D eigenvalue weighted by Gasteiger charge is 2.27. The van der Waals surface area contributed by atoms with E-state index in [0.717, 1.165) is 23.0 Å². The molecule has 0 spiro atoms. The summed E-state index contributed by atoms with van der Waals surface area (Å²) in [4.78, 5) is 12.2. The molecule has 0 aliphatic heterocycles. The zero-order chi connectivity index (χ0) is 13.2. The number of carbonyl (C=O) groups is 1. The Morgan fingerprint density at radius 1 is 1.53 bits per heavy atom. The molecule has 2 heterocycles. The van der Waals surface area contributed by atoms with Crippen molar-refractivity contribution >= 4 is 21.8 Å². The van der Waals surface area contributed by atoms with Crippen LogP contribution in [-0.2, 0) is 6.54 Å². The number of amides is 1. The van der Waals surface area contributed by atoms with Crippen LogP contribution in [0.15, 0.2) is 35.1 Å². The van der Waals surface area contributed by atoms with Gasteiger partial charge in [-0.25, -0.2) is 0 Å². The van der Waals surface area contributed by atoms with Crippen LogP contribution in [0.3, 0.4) is 0 Å². The van der Waals surface area contributed by atoms with Crippen molar-refractivity contribution in [3.63, 3.8) is 0 Å². The average Bonchev–Trinajstić information content (AvgIpc) is 3.20. The van der Waals surface area contributed by atoms with E-state index in [1.54, 1.807) is 12.3 Å². The summed E-state index contributed by atoms with van der Waals surface area (Å²) >= 11 is 3.42. The zero-order valence-corrected chi connectivity index (χ0v) is 11.8. The van der Waals surface area contributed by atoms with Crippen LogP contribution < -0.4 is 5.32 Å². The second kappa shape index (κ2) is 5.13. The molecule has 5 nitrogen and oxygen atoms in total. The van der Waals surface area contributed by atoms with E-state index in [-0.39, 0.29) is 5.91 Å². The molecular weight excluding hydrogens is 308 g/mol. The Morgan fingerprint density at radius 3 is 3.05 bits per heavy atom. The summed E-state index contributed by atoms with van der Waals surface area (Å²) in [6.45, 7) is 0.389. The quantitative estimate of drug-likeness (QED) is 0.940. The summed E-state index contributed by atoms with van der Waals surface area (Å²) < 4.78 is 2.97. The highest BCUT2D eigenvalue weighted by molar-refractivity contribution is 9.10. The molecule has 0 radical (unpaired) electrons. The van der Waals surface area contributed by atoms with Gasteiger partial charge < -0.3 is 9.88 Å². The molecule has 0 atom stereocenters. The monoisotopic (exact) mass is 320 g/mol. The molecule has 0 saturated heterocycles. The molecule has 19 heavy (non-hydrogen) atoms. The number of hydrogen-bond donors (Lipinski definition) is 1. The van der Waals surface area contributed by atoms with Gasteiger partial charge in [0.25, 0.3) is 5.91 Å². The van der Waals surface area contributed by atoms with Crippen LogP contribution in [0.25, 0.3) is 0 Å². The van der Waals surface area contributed by atoms with Gasteiger partial charge in [-0.05, 0) is 47.0 Å². The highest BCUT2D eigenvalue weighted by Crippen LogP contribution is 2.37. The Labute approximate surface area is 119 Å². The summed E-state index contributed by atoms with van der Waals surface area (Å²) in [6.07, 6.45) is 5.87. The van der Waals surface area contributed by atoms with Crippen LogP contribution in [0.1, 0.15) is 35.1 Å². The molecule has 2 aromatic heterocycles. The van der Waals surface area contributed by atoms with E-state index in [4.69, 9.17) is 0 Å². The van der Waals surface area contributed by atoms with Crippen molar-refractivity contribution < 1.29 is 4.79 Å². The standard InChI is InChI=1S/C13H13BrN4O/c14-9-6-12(18(8-9)11-3-4-11)13(19)15-7-10-2-1-5-16-17-10/h1-2,5-6,8,11H,3-4,7H2,(H,15,19). The van der Waals surface area contributed by atoms with Gasteiger partial charge in [-0.3, -0.25) is 4.79 Å². The van der Waals surface area contributed by atoms with Crippen LogP contribution in [0, 0.1) is 0 Å². The van der Waals surface area contributed by atoms with E-state index < -0.39 is 0 Å². The topological polar surface area (TPSA) is 59.8 Å². The van der Waals surface area contributed by atoms with Crippen LogP contribution in [0.5, 0.6) is 0 Å². The molecule has 1 amide bonds. The van der Waals surface area contributed by atoms with Gasteiger partial charge in [0.2, 0.25) is 0 Å². The van der Waals surface area contributed by atoms with E-state index in [1.165, 1.54) is 0 Å². The van der Waals surface area contributed by atoms with Gasteiger partial charge in [-0.15, -0.1) is 0 Å². The molecule has 2 aromatic rings. The molecule has 1 fully saturated rings. The number of carbonyl (C=O) groups excluding carboxylic acids is 1. The summed E-state index contributed by atoms with van der Waals surface area (Å²) in [5, 5.41) is 10.6. The van der Waals surface area contributed by atoms with Gasteiger partial charge in [0.15, 0.2) is 0 Å². The average molecular weight is 321 g/mol. The van der Waals surface area contributed by atoms with Crippen LogP contribution in [0.4, 0.5) is 0 Å². The first-order valence-corrected chi connectivity index (χ1v) is 6.95. The Hall–Kier alpha value is -1.69. The molecule has 98 valence electrons. The molecule has 1 aliphatic carbocycles. The maximum absolute atomic E-state index is 12.2. The van der Waals surface area contributed by atoms with Crippen LogP contribution in [-0.4, -0.2) is 20.7 Å². The Morgan fingerprint density at radius 2 is 2.37 bits per heavy atom. The van der Waals surface area contributed by atoms with Gasteiger partial charge in [-0.2, -0.15) is 10.2 Å². The Balaban J connectivity index is 1.70. The number of nitrogens with one attached hydrogen (secondary N) is 1. The molecule has 0 unspecified atom stereocenters. The maximum atomic E-state index is 12.2. The predicted molar refractivity (Wildman–Crippen MR) is 73.6 cm³/mol. The minimum atomic E-state index is -0.0803. The lowest BCUT2D eigenvalue weighted by Gasteiger charge is -2.08. The normalized spacial score (nSPS) is 14.4. The van der Waals surface area contributed by atoms with E-state index in [0.29, 0.717) is 18.3 Å². The lowest BCUT2D eigenvalue weighted by molar-refractivity contribution is 0.0941. The second-order valence-corrected chi connectivity index (χ2v) is 5.50. The number of aromatic nitrogens is 3. The van der Waals surface area contributed by atoms with E-state index in [9.17, 15) is 4.79 Å². The van der Waals surface area contributed by atoms with Crippen molar-refractivity contribution in [3.05, 3.63) is 46.5 Å². The van der Waals surface area contributed by atoms with Gasteiger partial charge in [0.05, 0.1) is 12.2 Å². The minimum absolute atomic E-state index is 0.0803. The minimum Gasteiger partial charge on any atom is -0.345 e. The summed E-state index contributed by atoms with van der Waals surface area (Å²) in [5.41, 5.74) is 1.44. The number of nitrogens with zero attached hydrogens (tertiary/aromatic N) is 3. The molecule has 1 saturated carbocycles. The lowest BCUT2D eigenvalue weighted by Crippen LogP contribution is -2.25. The third kappa shape index (κ3) is 2.84. The Bertz CT molecular complexity index is 592. The van der Waals surface area contributed by atoms with E-state index in [2.05, 4.69) is 31.4 Å². The SMILES string of the molecule is O=C(NCc1cccnn1)c1cc(Br)cn1C1CC1. The fourth-order valence-corrected chi connectivity index (χ4v) is 2.41. The van der Waals surface area contributed by atoms with Crippen molar-refractivity contribution in [2.75, 3.05) is 0 Å². The fraction of sp³-hybridized carbons (Fsp3) is 0.308. The zero-order valence-electron chi connectivity index (χ0n) is 10.2. The van der Waals surface area contributed by atoms with Crippen molar-refractivity contribution in [1.82, 2.24) is 20.1 Å². The first-order valence-electron chi connectivity index (χ1n) is 6.16. The smallest absolute Gasteiger partial charge is 0.268 e. The fourth-order valence-electron chi connectivity index (χ4n) is 1.97. The first kappa shape index (κ1) is 12.3. The van der Waals surface area contributed by atoms with Gasteiger partial charge in [-0.1, -0.05) is 0 Å². The van der Waals surface area contributed by atoms with Crippen LogP contribution >= 0.6 is 15.9 Å². The number of hydrogen-bond acceptors (Lipinski definition) is 3. The van der Waals surface area contributed by atoms with Crippen molar-refractivity contribution in [1.29, 1.82) is 0 Å². The summed E-state index contributed by atoms with van der Waals surface area (Å²) in [5.74, 6) is -0.0803. The third-order valence-electron chi connectivity index (χ3n) is 3.05. The van der Waals surface area contributed by atoms with Gasteiger partial charge in [0, 0.05) is 22.9 Å². The molecule has 3 rings (SSSR count). The highest BCUT2D eigenvalue weighted by atomic mass is 79.9. The Kier molecular flexibility index (Phi) is 3.33. The van der Waals surface area contributed by atoms with Crippen molar-refractivity contribution in [2.24, 2.45) is 0 Å².